The first-order valence-electron chi connectivity index (χ1n) is 4.34. The molecule has 0 bridgehead atoms. The number of carbonyl (C=O) groups is 1. The van der Waals surface area contributed by atoms with Crippen LogP contribution in [0.25, 0.3) is 0 Å². The maximum atomic E-state index is 11.5. The van der Waals surface area contributed by atoms with Gasteiger partial charge in [-0.1, -0.05) is 0 Å². The Hall–Kier alpha value is -1.32. The van der Waals surface area contributed by atoms with Crippen LogP contribution in [-0.4, -0.2) is 33.7 Å². The molecular formula is C9H15N3O. The molecule has 1 aromatic heterocycles. The predicted octanol–water partition coefficient (Wildman–Crippen LogP) is 0.750. The molecule has 0 spiro atoms. The van der Waals surface area contributed by atoms with Gasteiger partial charge in [0.1, 0.15) is 6.54 Å². The van der Waals surface area contributed by atoms with Gasteiger partial charge < -0.3 is 4.90 Å². The van der Waals surface area contributed by atoms with Crippen LogP contribution in [0, 0.1) is 0 Å². The van der Waals surface area contributed by atoms with Crippen LogP contribution in [0.2, 0.25) is 0 Å². The van der Waals surface area contributed by atoms with Crippen molar-refractivity contribution in [3.8, 4) is 0 Å². The summed E-state index contributed by atoms with van der Waals surface area (Å²) in [6.45, 7) is 4.30. The van der Waals surface area contributed by atoms with Crippen molar-refractivity contribution in [2.75, 3.05) is 7.05 Å². The van der Waals surface area contributed by atoms with Gasteiger partial charge in [0.05, 0.1) is 0 Å². The van der Waals surface area contributed by atoms with Crippen LogP contribution in [-0.2, 0) is 11.3 Å². The highest BCUT2D eigenvalue weighted by Gasteiger charge is 2.11. The van der Waals surface area contributed by atoms with E-state index in [4.69, 9.17) is 0 Å². The van der Waals surface area contributed by atoms with Gasteiger partial charge in [0.25, 0.3) is 0 Å². The lowest BCUT2D eigenvalue weighted by Gasteiger charge is -2.21. The summed E-state index contributed by atoms with van der Waals surface area (Å²) < 4.78 is 1.63. The molecule has 0 atom stereocenters. The SMILES string of the molecule is CC(C)N(C)C(=O)Cn1cccn1. The van der Waals surface area contributed by atoms with Crippen molar-refractivity contribution >= 4 is 5.91 Å². The van der Waals surface area contributed by atoms with Gasteiger partial charge in [-0.3, -0.25) is 9.48 Å². The first-order valence-corrected chi connectivity index (χ1v) is 4.34. The summed E-state index contributed by atoms with van der Waals surface area (Å²) in [6, 6.07) is 2.05. The Morgan fingerprint density at radius 1 is 1.62 bits per heavy atom. The van der Waals surface area contributed by atoms with Crippen molar-refractivity contribution in [2.45, 2.75) is 26.4 Å². The van der Waals surface area contributed by atoms with Crippen LogP contribution in [0.3, 0.4) is 0 Å². The van der Waals surface area contributed by atoms with Gasteiger partial charge in [-0.15, -0.1) is 0 Å². The highest BCUT2D eigenvalue weighted by molar-refractivity contribution is 5.75. The molecule has 0 saturated heterocycles. The van der Waals surface area contributed by atoms with Crippen LogP contribution in [0.4, 0.5) is 0 Å². The molecule has 0 unspecified atom stereocenters. The average molecular weight is 181 g/mol. The first-order chi connectivity index (χ1) is 6.11. The van der Waals surface area contributed by atoms with E-state index in [1.54, 1.807) is 29.0 Å². The molecule has 1 amide bonds. The third-order valence-electron chi connectivity index (χ3n) is 2.02. The number of aromatic nitrogens is 2. The lowest BCUT2D eigenvalue weighted by Crippen LogP contribution is -2.35. The largest absolute Gasteiger partial charge is 0.342 e. The number of nitrogens with zero attached hydrogens (tertiary/aromatic N) is 3. The molecule has 0 fully saturated rings. The molecule has 0 aliphatic rings. The summed E-state index contributed by atoms with van der Waals surface area (Å²) in [5.41, 5.74) is 0. The Labute approximate surface area is 78.1 Å². The van der Waals surface area contributed by atoms with Crippen LogP contribution in [0.1, 0.15) is 13.8 Å². The van der Waals surface area contributed by atoms with Crippen LogP contribution in [0.5, 0.6) is 0 Å². The van der Waals surface area contributed by atoms with Crippen molar-refractivity contribution in [1.29, 1.82) is 0 Å². The topological polar surface area (TPSA) is 38.1 Å². The standard InChI is InChI=1S/C9H15N3O/c1-8(2)11(3)9(13)7-12-6-4-5-10-12/h4-6,8H,7H2,1-3H3. The molecular weight excluding hydrogens is 166 g/mol. The van der Waals surface area contributed by atoms with Crippen molar-refractivity contribution in [2.24, 2.45) is 0 Å². The Balaban J connectivity index is 2.51. The quantitative estimate of drug-likeness (QED) is 0.690. The Morgan fingerprint density at radius 3 is 2.77 bits per heavy atom. The number of hydrogen-bond donors (Lipinski definition) is 0. The number of rotatable bonds is 3. The molecule has 1 heterocycles. The maximum Gasteiger partial charge on any atom is 0.244 e. The lowest BCUT2D eigenvalue weighted by atomic mass is 10.3. The summed E-state index contributed by atoms with van der Waals surface area (Å²) in [6.07, 6.45) is 3.45. The molecule has 0 saturated carbocycles. The minimum Gasteiger partial charge on any atom is -0.342 e. The fourth-order valence-corrected chi connectivity index (χ4v) is 0.932. The molecule has 0 aliphatic carbocycles. The molecule has 0 aromatic carbocycles. The van der Waals surface area contributed by atoms with Crippen molar-refractivity contribution in [1.82, 2.24) is 14.7 Å². The van der Waals surface area contributed by atoms with E-state index in [2.05, 4.69) is 5.10 Å². The molecule has 0 N–H and O–H groups in total. The van der Waals surface area contributed by atoms with Gasteiger partial charge in [-0.25, -0.2) is 0 Å². The Kier molecular flexibility index (Phi) is 3.06. The second-order valence-corrected chi connectivity index (χ2v) is 3.30. The zero-order chi connectivity index (χ0) is 9.84. The molecule has 4 heteroatoms. The normalized spacial score (nSPS) is 10.5. The van der Waals surface area contributed by atoms with E-state index in [0.29, 0.717) is 6.54 Å². The van der Waals surface area contributed by atoms with E-state index in [1.807, 2.05) is 19.9 Å². The summed E-state index contributed by atoms with van der Waals surface area (Å²) in [5, 5.41) is 3.97. The number of likely N-dealkylation sites (N-methyl/N-ethyl adjacent to an activating group) is 1. The Morgan fingerprint density at radius 2 is 2.31 bits per heavy atom. The van der Waals surface area contributed by atoms with Gasteiger partial charge in [0.15, 0.2) is 0 Å². The van der Waals surface area contributed by atoms with E-state index >= 15 is 0 Å². The number of hydrogen-bond acceptors (Lipinski definition) is 2. The van der Waals surface area contributed by atoms with Crippen molar-refractivity contribution in [3.05, 3.63) is 18.5 Å². The number of amides is 1. The predicted molar refractivity (Wildman–Crippen MR) is 50.1 cm³/mol. The van der Waals surface area contributed by atoms with Crippen LogP contribution in [0.15, 0.2) is 18.5 Å². The minimum absolute atomic E-state index is 0.0821. The monoisotopic (exact) mass is 181 g/mol. The van der Waals surface area contributed by atoms with E-state index in [0.717, 1.165) is 0 Å². The van der Waals surface area contributed by atoms with E-state index < -0.39 is 0 Å². The second kappa shape index (κ2) is 4.07. The molecule has 13 heavy (non-hydrogen) atoms. The highest BCUT2D eigenvalue weighted by atomic mass is 16.2. The fraction of sp³-hybridized carbons (Fsp3) is 0.556. The summed E-state index contributed by atoms with van der Waals surface area (Å²) in [7, 11) is 1.80. The summed E-state index contributed by atoms with van der Waals surface area (Å²) in [5.74, 6) is 0.0821. The van der Waals surface area contributed by atoms with Crippen LogP contribution >= 0.6 is 0 Å². The molecule has 1 aromatic rings. The van der Waals surface area contributed by atoms with Gasteiger partial charge in [-0.05, 0) is 19.9 Å². The van der Waals surface area contributed by atoms with Gasteiger partial charge in [-0.2, -0.15) is 5.10 Å². The average Bonchev–Trinajstić information content (AvgIpc) is 2.55. The van der Waals surface area contributed by atoms with Gasteiger partial charge >= 0.3 is 0 Å². The van der Waals surface area contributed by atoms with Gasteiger partial charge in [0, 0.05) is 25.5 Å². The third-order valence-corrected chi connectivity index (χ3v) is 2.02. The zero-order valence-corrected chi connectivity index (χ0v) is 8.27. The van der Waals surface area contributed by atoms with Crippen molar-refractivity contribution in [3.63, 3.8) is 0 Å². The Bertz CT molecular complexity index is 266. The minimum atomic E-state index is 0.0821. The fourth-order valence-electron chi connectivity index (χ4n) is 0.932. The third kappa shape index (κ3) is 2.57. The smallest absolute Gasteiger partial charge is 0.244 e. The maximum absolute atomic E-state index is 11.5. The summed E-state index contributed by atoms with van der Waals surface area (Å²) in [4.78, 5) is 13.2. The van der Waals surface area contributed by atoms with Crippen LogP contribution < -0.4 is 0 Å². The van der Waals surface area contributed by atoms with E-state index in [-0.39, 0.29) is 11.9 Å². The number of carbonyl (C=O) groups excluding carboxylic acids is 1. The first kappa shape index (κ1) is 9.77. The molecule has 0 aliphatic heterocycles. The highest BCUT2D eigenvalue weighted by Crippen LogP contribution is 1.96. The summed E-state index contributed by atoms with van der Waals surface area (Å²) >= 11 is 0. The molecule has 1 rings (SSSR count). The molecule has 0 radical (unpaired) electrons. The van der Waals surface area contributed by atoms with E-state index in [9.17, 15) is 4.79 Å². The van der Waals surface area contributed by atoms with Crippen molar-refractivity contribution < 1.29 is 4.79 Å². The zero-order valence-electron chi connectivity index (χ0n) is 8.27. The second-order valence-electron chi connectivity index (χ2n) is 3.30. The lowest BCUT2D eigenvalue weighted by molar-refractivity contribution is -0.132. The van der Waals surface area contributed by atoms with E-state index in [1.165, 1.54) is 0 Å². The van der Waals surface area contributed by atoms with Gasteiger partial charge in [0.2, 0.25) is 5.91 Å². The molecule has 4 nitrogen and oxygen atoms in total. The molecule has 72 valence electrons.